The van der Waals surface area contributed by atoms with Gasteiger partial charge in [0.2, 0.25) is 5.91 Å². The number of carbonyl (C=O) groups is 1. The maximum Gasteiger partial charge on any atom is 0.234 e. The summed E-state index contributed by atoms with van der Waals surface area (Å²) in [4.78, 5) is 24.4. The highest BCUT2D eigenvalue weighted by atomic mass is 16.2. The first-order valence-corrected chi connectivity index (χ1v) is 8.39. The summed E-state index contributed by atoms with van der Waals surface area (Å²) in [5.74, 6) is 1.15. The molecule has 23 heavy (non-hydrogen) atoms. The van der Waals surface area contributed by atoms with E-state index in [2.05, 4.69) is 38.1 Å². The van der Waals surface area contributed by atoms with Gasteiger partial charge in [0.25, 0.3) is 0 Å². The van der Waals surface area contributed by atoms with Gasteiger partial charge in [0.1, 0.15) is 5.82 Å². The van der Waals surface area contributed by atoms with Crippen LogP contribution in [0.4, 0.5) is 0 Å². The molecule has 1 aromatic heterocycles. The van der Waals surface area contributed by atoms with Crippen LogP contribution in [0.3, 0.4) is 0 Å². The molecule has 1 aromatic carbocycles. The molecule has 2 N–H and O–H groups in total. The lowest BCUT2D eigenvalue weighted by atomic mass is 10.3. The standard InChI is InChI=1S/C17H25N5O/c1-2-7-18-17(23)13-22-10-8-21(9-11-22)12-16-19-14-5-3-4-6-15(14)20-16/h3-6H,2,7-13H2,1H3,(H,18,23)(H,19,20). The average Bonchev–Trinajstić information content (AvgIpc) is 2.97. The van der Waals surface area contributed by atoms with Crippen LogP contribution < -0.4 is 5.32 Å². The molecule has 0 radical (unpaired) electrons. The Kier molecular flexibility index (Phi) is 5.25. The maximum absolute atomic E-state index is 11.8. The minimum absolute atomic E-state index is 0.137. The van der Waals surface area contributed by atoms with Crippen molar-refractivity contribution in [2.45, 2.75) is 19.9 Å². The van der Waals surface area contributed by atoms with Crippen LogP contribution in [0.5, 0.6) is 0 Å². The second kappa shape index (κ2) is 7.57. The van der Waals surface area contributed by atoms with E-state index in [1.807, 2.05) is 18.2 Å². The Labute approximate surface area is 136 Å². The van der Waals surface area contributed by atoms with E-state index in [0.29, 0.717) is 6.54 Å². The third-order valence-electron chi connectivity index (χ3n) is 4.22. The van der Waals surface area contributed by atoms with Crippen LogP contribution in [0, 0.1) is 0 Å². The molecule has 1 fully saturated rings. The van der Waals surface area contributed by atoms with Gasteiger partial charge in [-0.25, -0.2) is 4.98 Å². The Morgan fingerprint density at radius 1 is 1.22 bits per heavy atom. The Morgan fingerprint density at radius 3 is 2.70 bits per heavy atom. The number of piperazine rings is 1. The third kappa shape index (κ3) is 4.30. The van der Waals surface area contributed by atoms with Gasteiger partial charge in [-0.3, -0.25) is 14.6 Å². The first kappa shape index (κ1) is 16.0. The van der Waals surface area contributed by atoms with Crippen molar-refractivity contribution in [2.24, 2.45) is 0 Å². The van der Waals surface area contributed by atoms with Crippen LogP contribution >= 0.6 is 0 Å². The van der Waals surface area contributed by atoms with Crippen LogP contribution in [-0.4, -0.2) is 64.9 Å². The van der Waals surface area contributed by atoms with Gasteiger partial charge in [-0.1, -0.05) is 19.1 Å². The fourth-order valence-corrected chi connectivity index (χ4v) is 2.92. The Hall–Kier alpha value is -1.92. The summed E-state index contributed by atoms with van der Waals surface area (Å²) in [6, 6.07) is 8.11. The molecular weight excluding hydrogens is 290 g/mol. The van der Waals surface area contributed by atoms with Crippen molar-refractivity contribution >= 4 is 16.9 Å². The number of aromatic amines is 1. The zero-order valence-corrected chi connectivity index (χ0v) is 13.7. The lowest BCUT2D eigenvalue weighted by Crippen LogP contribution is -2.49. The number of para-hydroxylation sites is 2. The smallest absolute Gasteiger partial charge is 0.234 e. The normalized spacial score (nSPS) is 16.7. The predicted molar refractivity (Wildman–Crippen MR) is 91.1 cm³/mol. The minimum atomic E-state index is 0.137. The van der Waals surface area contributed by atoms with E-state index < -0.39 is 0 Å². The molecule has 2 aromatic rings. The van der Waals surface area contributed by atoms with E-state index in [9.17, 15) is 4.79 Å². The number of benzene rings is 1. The fraction of sp³-hybridized carbons (Fsp3) is 0.529. The number of nitrogens with one attached hydrogen (secondary N) is 2. The number of amides is 1. The van der Waals surface area contributed by atoms with Crippen molar-refractivity contribution in [3.63, 3.8) is 0 Å². The van der Waals surface area contributed by atoms with E-state index in [1.54, 1.807) is 0 Å². The van der Waals surface area contributed by atoms with Crippen molar-refractivity contribution in [1.82, 2.24) is 25.1 Å². The Morgan fingerprint density at radius 2 is 1.96 bits per heavy atom. The fourth-order valence-electron chi connectivity index (χ4n) is 2.92. The molecule has 1 aliphatic rings. The summed E-state index contributed by atoms with van der Waals surface area (Å²) in [5, 5.41) is 2.94. The first-order valence-electron chi connectivity index (χ1n) is 8.39. The molecule has 0 atom stereocenters. The van der Waals surface area contributed by atoms with Crippen LogP contribution in [0.25, 0.3) is 11.0 Å². The van der Waals surface area contributed by atoms with Gasteiger partial charge < -0.3 is 10.3 Å². The van der Waals surface area contributed by atoms with Gasteiger partial charge in [0.15, 0.2) is 0 Å². The van der Waals surface area contributed by atoms with Crippen molar-refractivity contribution < 1.29 is 4.79 Å². The summed E-state index contributed by atoms with van der Waals surface area (Å²) < 4.78 is 0. The van der Waals surface area contributed by atoms with Crippen molar-refractivity contribution in [1.29, 1.82) is 0 Å². The largest absolute Gasteiger partial charge is 0.355 e. The molecule has 0 unspecified atom stereocenters. The van der Waals surface area contributed by atoms with E-state index >= 15 is 0 Å². The molecule has 0 aliphatic carbocycles. The van der Waals surface area contributed by atoms with E-state index in [4.69, 9.17) is 0 Å². The van der Waals surface area contributed by atoms with Crippen LogP contribution in [0.1, 0.15) is 19.2 Å². The molecule has 0 saturated carbocycles. The molecule has 0 bridgehead atoms. The highest BCUT2D eigenvalue weighted by Gasteiger charge is 2.19. The number of hydrogen-bond donors (Lipinski definition) is 2. The number of H-pyrrole nitrogens is 1. The van der Waals surface area contributed by atoms with Crippen molar-refractivity contribution in [2.75, 3.05) is 39.3 Å². The maximum atomic E-state index is 11.8. The summed E-state index contributed by atoms with van der Waals surface area (Å²) in [6.07, 6.45) is 0.983. The highest BCUT2D eigenvalue weighted by molar-refractivity contribution is 5.78. The Bertz CT molecular complexity index is 612. The second-order valence-corrected chi connectivity index (χ2v) is 6.10. The first-order chi connectivity index (χ1) is 11.2. The van der Waals surface area contributed by atoms with Crippen molar-refractivity contribution in [3.8, 4) is 0 Å². The number of carbonyl (C=O) groups excluding carboxylic acids is 1. The molecule has 6 nitrogen and oxygen atoms in total. The monoisotopic (exact) mass is 315 g/mol. The van der Waals surface area contributed by atoms with Crippen molar-refractivity contribution in [3.05, 3.63) is 30.1 Å². The molecule has 0 spiro atoms. The summed E-state index contributed by atoms with van der Waals surface area (Å²) in [7, 11) is 0. The molecule has 6 heteroatoms. The van der Waals surface area contributed by atoms with E-state index in [1.165, 1.54) is 0 Å². The number of hydrogen-bond acceptors (Lipinski definition) is 4. The predicted octanol–water partition coefficient (Wildman–Crippen LogP) is 1.21. The second-order valence-electron chi connectivity index (χ2n) is 6.10. The lowest BCUT2D eigenvalue weighted by Gasteiger charge is -2.33. The topological polar surface area (TPSA) is 64.3 Å². The number of aromatic nitrogens is 2. The van der Waals surface area contributed by atoms with E-state index in [0.717, 1.165) is 62.5 Å². The van der Waals surface area contributed by atoms with Gasteiger partial charge in [-0.15, -0.1) is 0 Å². The average molecular weight is 315 g/mol. The van der Waals surface area contributed by atoms with Gasteiger partial charge in [0.05, 0.1) is 24.1 Å². The number of imidazole rings is 1. The minimum Gasteiger partial charge on any atom is -0.355 e. The Balaban J connectivity index is 1.46. The SMILES string of the molecule is CCCNC(=O)CN1CCN(Cc2nc3ccccc3[nH]2)CC1. The van der Waals surface area contributed by atoms with Gasteiger partial charge >= 0.3 is 0 Å². The van der Waals surface area contributed by atoms with Gasteiger partial charge in [-0.05, 0) is 18.6 Å². The van der Waals surface area contributed by atoms with Crippen LogP contribution in [-0.2, 0) is 11.3 Å². The van der Waals surface area contributed by atoms with Crippen LogP contribution in [0.2, 0.25) is 0 Å². The van der Waals surface area contributed by atoms with Gasteiger partial charge in [-0.2, -0.15) is 0 Å². The van der Waals surface area contributed by atoms with Crippen LogP contribution in [0.15, 0.2) is 24.3 Å². The third-order valence-corrected chi connectivity index (χ3v) is 4.22. The highest BCUT2D eigenvalue weighted by Crippen LogP contribution is 2.12. The summed E-state index contributed by atoms with van der Waals surface area (Å²) >= 11 is 0. The number of rotatable bonds is 6. The molecule has 3 rings (SSSR count). The molecule has 1 aliphatic heterocycles. The molecule has 1 amide bonds. The number of nitrogens with zero attached hydrogens (tertiary/aromatic N) is 3. The molecular formula is C17H25N5O. The summed E-state index contributed by atoms with van der Waals surface area (Å²) in [6.45, 7) is 7.99. The quantitative estimate of drug-likeness (QED) is 0.841. The number of fused-ring (bicyclic) bond motifs is 1. The molecule has 1 saturated heterocycles. The zero-order chi connectivity index (χ0) is 16.1. The molecule has 2 heterocycles. The van der Waals surface area contributed by atoms with E-state index in [-0.39, 0.29) is 5.91 Å². The summed E-state index contributed by atoms with van der Waals surface area (Å²) in [5.41, 5.74) is 2.11. The molecule has 124 valence electrons. The zero-order valence-electron chi connectivity index (χ0n) is 13.7. The van der Waals surface area contributed by atoms with Gasteiger partial charge in [0, 0.05) is 32.7 Å². The lowest BCUT2D eigenvalue weighted by molar-refractivity contribution is -0.122.